The fourth-order valence-corrected chi connectivity index (χ4v) is 2.43. The van der Waals surface area contributed by atoms with E-state index in [0.29, 0.717) is 6.42 Å². The zero-order valence-corrected chi connectivity index (χ0v) is 12.4. The smallest absolute Gasteiger partial charge is 0.303 e. The first kappa shape index (κ1) is 15.7. The minimum Gasteiger partial charge on any atom is -0.481 e. The number of carbonyl (C=O) groups is 1. The average Bonchev–Trinajstić information content (AvgIpc) is 2.27. The molecule has 0 aliphatic rings. The van der Waals surface area contributed by atoms with Crippen molar-refractivity contribution in [2.75, 3.05) is 13.1 Å². The van der Waals surface area contributed by atoms with Gasteiger partial charge >= 0.3 is 5.97 Å². The number of benzene rings is 1. The number of aryl methyl sites for hydroxylation is 2. The Morgan fingerprint density at radius 2 is 2.00 bits per heavy atom. The van der Waals surface area contributed by atoms with Crippen LogP contribution >= 0.6 is 0 Å². The predicted octanol–water partition coefficient (Wildman–Crippen LogP) is 3.04. The van der Waals surface area contributed by atoms with Crippen LogP contribution in [0.15, 0.2) is 18.2 Å². The van der Waals surface area contributed by atoms with Gasteiger partial charge < -0.3 is 10.4 Å². The van der Waals surface area contributed by atoms with Crippen LogP contribution in [0, 0.1) is 13.8 Å². The summed E-state index contributed by atoms with van der Waals surface area (Å²) in [6.07, 6.45) is 0.912. The van der Waals surface area contributed by atoms with Crippen molar-refractivity contribution >= 4 is 5.97 Å². The SMILES string of the molecule is Cc1ccc(C(C)(C)CNCCCC(=O)O)c(C)c1. The lowest BCUT2D eigenvalue weighted by Gasteiger charge is -2.28. The van der Waals surface area contributed by atoms with E-state index in [1.54, 1.807) is 0 Å². The van der Waals surface area contributed by atoms with Crippen molar-refractivity contribution in [3.63, 3.8) is 0 Å². The second-order valence-corrected chi connectivity index (χ2v) is 5.88. The summed E-state index contributed by atoms with van der Waals surface area (Å²) < 4.78 is 0. The molecule has 0 saturated heterocycles. The molecular weight excluding hydrogens is 238 g/mol. The molecule has 0 aliphatic heterocycles. The van der Waals surface area contributed by atoms with Gasteiger partial charge in [0.05, 0.1) is 0 Å². The first-order valence-electron chi connectivity index (χ1n) is 6.83. The van der Waals surface area contributed by atoms with Crippen LogP contribution in [-0.4, -0.2) is 24.2 Å². The summed E-state index contributed by atoms with van der Waals surface area (Å²) in [4.78, 5) is 10.4. The van der Waals surface area contributed by atoms with Crippen LogP contribution in [0.3, 0.4) is 0 Å². The van der Waals surface area contributed by atoms with Crippen molar-refractivity contribution in [1.29, 1.82) is 0 Å². The molecule has 0 bridgehead atoms. The minimum atomic E-state index is -0.726. The minimum absolute atomic E-state index is 0.0566. The molecule has 0 spiro atoms. The van der Waals surface area contributed by atoms with Gasteiger partial charge in [0.25, 0.3) is 0 Å². The van der Waals surface area contributed by atoms with Crippen LogP contribution < -0.4 is 5.32 Å². The summed E-state index contributed by atoms with van der Waals surface area (Å²) in [5.41, 5.74) is 4.01. The Hall–Kier alpha value is -1.35. The molecular formula is C16H25NO2. The largest absolute Gasteiger partial charge is 0.481 e. The number of hydrogen-bond donors (Lipinski definition) is 2. The van der Waals surface area contributed by atoms with Crippen LogP contribution in [0.5, 0.6) is 0 Å². The van der Waals surface area contributed by atoms with E-state index in [2.05, 4.69) is 51.2 Å². The van der Waals surface area contributed by atoms with Gasteiger partial charge in [-0.15, -0.1) is 0 Å². The van der Waals surface area contributed by atoms with E-state index in [0.717, 1.165) is 13.1 Å². The number of aliphatic carboxylic acids is 1. The molecule has 1 rings (SSSR count). The van der Waals surface area contributed by atoms with E-state index >= 15 is 0 Å². The first-order chi connectivity index (χ1) is 8.83. The summed E-state index contributed by atoms with van der Waals surface area (Å²) >= 11 is 0. The van der Waals surface area contributed by atoms with Gasteiger partial charge in [0.2, 0.25) is 0 Å². The van der Waals surface area contributed by atoms with E-state index in [9.17, 15) is 4.79 Å². The predicted molar refractivity (Wildman–Crippen MR) is 78.7 cm³/mol. The fraction of sp³-hybridized carbons (Fsp3) is 0.562. The third kappa shape index (κ3) is 5.03. The highest BCUT2D eigenvalue weighted by atomic mass is 16.4. The second kappa shape index (κ2) is 6.71. The Morgan fingerprint density at radius 1 is 1.32 bits per heavy atom. The molecule has 0 amide bonds. The summed E-state index contributed by atoms with van der Waals surface area (Å²) in [5.74, 6) is -0.726. The number of carboxylic acids is 1. The zero-order valence-electron chi connectivity index (χ0n) is 12.4. The Bertz CT molecular complexity index is 438. The van der Waals surface area contributed by atoms with E-state index in [1.165, 1.54) is 16.7 Å². The maximum absolute atomic E-state index is 10.4. The van der Waals surface area contributed by atoms with Crippen LogP contribution in [0.1, 0.15) is 43.4 Å². The topological polar surface area (TPSA) is 49.3 Å². The van der Waals surface area contributed by atoms with Crippen molar-refractivity contribution < 1.29 is 9.90 Å². The van der Waals surface area contributed by atoms with Crippen LogP contribution in [-0.2, 0) is 10.2 Å². The number of hydrogen-bond acceptors (Lipinski definition) is 2. The molecule has 0 aromatic heterocycles. The molecule has 19 heavy (non-hydrogen) atoms. The lowest BCUT2D eigenvalue weighted by Crippen LogP contribution is -2.34. The van der Waals surface area contributed by atoms with Crippen molar-refractivity contribution in [1.82, 2.24) is 5.32 Å². The molecule has 0 unspecified atom stereocenters. The fourth-order valence-electron chi connectivity index (χ4n) is 2.43. The van der Waals surface area contributed by atoms with Crippen LogP contribution in [0.4, 0.5) is 0 Å². The molecule has 3 heteroatoms. The zero-order chi connectivity index (χ0) is 14.5. The first-order valence-corrected chi connectivity index (χ1v) is 6.83. The van der Waals surface area contributed by atoms with Gasteiger partial charge in [-0.2, -0.15) is 0 Å². The molecule has 0 aliphatic carbocycles. The molecule has 3 nitrogen and oxygen atoms in total. The standard InChI is InChI=1S/C16H25NO2/c1-12-7-8-14(13(2)10-12)16(3,4)11-17-9-5-6-15(18)19/h7-8,10,17H,5-6,9,11H2,1-4H3,(H,18,19). The molecule has 1 aromatic carbocycles. The second-order valence-electron chi connectivity index (χ2n) is 5.88. The lowest BCUT2D eigenvalue weighted by molar-refractivity contribution is -0.137. The molecule has 0 fully saturated rings. The monoisotopic (exact) mass is 263 g/mol. The van der Waals surface area contributed by atoms with Gasteiger partial charge in [-0.3, -0.25) is 4.79 Å². The Morgan fingerprint density at radius 3 is 2.58 bits per heavy atom. The van der Waals surface area contributed by atoms with E-state index < -0.39 is 5.97 Å². The molecule has 0 atom stereocenters. The molecule has 2 N–H and O–H groups in total. The Balaban J connectivity index is 2.53. The van der Waals surface area contributed by atoms with Crippen LogP contribution in [0.2, 0.25) is 0 Å². The highest BCUT2D eigenvalue weighted by molar-refractivity contribution is 5.66. The van der Waals surface area contributed by atoms with E-state index in [-0.39, 0.29) is 11.8 Å². The Labute approximate surface area is 116 Å². The highest BCUT2D eigenvalue weighted by Gasteiger charge is 2.21. The lowest BCUT2D eigenvalue weighted by atomic mass is 9.81. The number of carboxylic acid groups (broad SMARTS) is 1. The van der Waals surface area contributed by atoms with E-state index in [4.69, 9.17) is 5.11 Å². The van der Waals surface area contributed by atoms with Crippen molar-refractivity contribution in [2.45, 2.75) is 46.0 Å². The molecule has 0 radical (unpaired) electrons. The van der Waals surface area contributed by atoms with Gasteiger partial charge in [-0.05, 0) is 37.9 Å². The highest BCUT2D eigenvalue weighted by Crippen LogP contribution is 2.26. The maximum atomic E-state index is 10.4. The third-order valence-electron chi connectivity index (χ3n) is 3.42. The summed E-state index contributed by atoms with van der Waals surface area (Å²) in [7, 11) is 0. The van der Waals surface area contributed by atoms with E-state index in [1.807, 2.05) is 0 Å². The maximum Gasteiger partial charge on any atom is 0.303 e. The summed E-state index contributed by atoms with van der Waals surface area (Å²) in [6.45, 7) is 10.3. The average molecular weight is 263 g/mol. The summed E-state index contributed by atoms with van der Waals surface area (Å²) in [6, 6.07) is 6.56. The Kier molecular flexibility index (Phi) is 5.55. The van der Waals surface area contributed by atoms with Gasteiger partial charge in [0.1, 0.15) is 0 Å². The molecule has 0 heterocycles. The van der Waals surface area contributed by atoms with Gasteiger partial charge in [-0.25, -0.2) is 0 Å². The molecule has 0 saturated carbocycles. The van der Waals surface area contributed by atoms with Gasteiger partial charge in [-0.1, -0.05) is 37.6 Å². The van der Waals surface area contributed by atoms with Crippen molar-refractivity contribution in [3.05, 3.63) is 34.9 Å². The van der Waals surface area contributed by atoms with Crippen molar-refractivity contribution in [3.8, 4) is 0 Å². The molecule has 1 aromatic rings. The van der Waals surface area contributed by atoms with Crippen LogP contribution in [0.25, 0.3) is 0 Å². The normalized spacial score (nSPS) is 11.6. The summed E-state index contributed by atoms with van der Waals surface area (Å²) in [5, 5.41) is 11.9. The quantitative estimate of drug-likeness (QED) is 0.743. The number of nitrogens with one attached hydrogen (secondary N) is 1. The molecule has 106 valence electrons. The third-order valence-corrected chi connectivity index (χ3v) is 3.42. The van der Waals surface area contributed by atoms with Gasteiger partial charge in [0, 0.05) is 18.4 Å². The van der Waals surface area contributed by atoms with Gasteiger partial charge in [0.15, 0.2) is 0 Å². The number of rotatable bonds is 7. The van der Waals surface area contributed by atoms with Crippen molar-refractivity contribution in [2.24, 2.45) is 0 Å².